The first-order valence-corrected chi connectivity index (χ1v) is 9.91. The molecule has 7 heteroatoms. The molecule has 1 saturated heterocycles. The van der Waals surface area contributed by atoms with Gasteiger partial charge in [-0.15, -0.1) is 0 Å². The Balaban J connectivity index is 1.35. The molecule has 1 unspecified atom stereocenters. The van der Waals surface area contributed by atoms with E-state index in [1.165, 1.54) is 5.56 Å². The van der Waals surface area contributed by atoms with E-state index in [0.717, 1.165) is 50.3 Å². The third kappa shape index (κ3) is 5.73. The number of nitrogens with one attached hydrogen (secondary N) is 2. The van der Waals surface area contributed by atoms with Crippen molar-refractivity contribution in [3.63, 3.8) is 0 Å². The van der Waals surface area contributed by atoms with Gasteiger partial charge < -0.3 is 15.4 Å². The number of methoxy groups -OCH3 is 1. The van der Waals surface area contributed by atoms with Crippen molar-refractivity contribution in [1.82, 2.24) is 25.3 Å². The summed E-state index contributed by atoms with van der Waals surface area (Å²) in [5, 5.41) is 10.1. The van der Waals surface area contributed by atoms with E-state index < -0.39 is 0 Å². The number of nitrogens with zero attached hydrogens (tertiary/aromatic N) is 3. The van der Waals surface area contributed by atoms with Crippen LogP contribution in [0.25, 0.3) is 0 Å². The molecule has 3 rings (SSSR count). The van der Waals surface area contributed by atoms with Gasteiger partial charge in [0.05, 0.1) is 19.3 Å². The van der Waals surface area contributed by atoms with Gasteiger partial charge in [-0.05, 0) is 56.5 Å². The second-order valence-electron chi connectivity index (χ2n) is 7.59. The zero-order chi connectivity index (χ0) is 19.9. The third-order valence-corrected chi connectivity index (χ3v) is 5.40. The molecule has 1 aliphatic rings. The number of carbonyl (C=O) groups excluding carboxylic acids is 1. The standard InChI is InChI=1S/C21H31N5O2/c1-16(19-13-23-25(2)15-19)24-21(27)22-12-17-8-10-26(11-9-17)14-18-4-6-20(28-3)7-5-18/h4-7,13,15-17H,8-12,14H2,1-3H3,(H2,22,24,27). The minimum absolute atomic E-state index is 0.0555. The van der Waals surface area contributed by atoms with Crippen molar-refractivity contribution in [3.8, 4) is 5.75 Å². The average Bonchev–Trinajstić information content (AvgIpc) is 3.14. The lowest BCUT2D eigenvalue weighted by molar-refractivity contribution is 0.174. The third-order valence-electron chi connectivity index (χ3n) is 5.40. The van der Waals surface area contributed by atoms with Crippen molar-refractivity contribution in [2.45, 2.75) is 32.4 Å². The van der Waals surface area contributed by atoms with Crippen LogP contribution in [0.4, 0.5) is 4.79 Å². The van der Waals surface area contributed by atoms with E-state index in [4.69, 9.17) is 4.74 Å². The summed E-state index contributed by atoms with van der Waals surface area (Å²) < 4.78 is 6.95. The Hall–Kier alpha value is -2.54. The van der Waals surface area contributed by atoms with Gasteiger partial charge in [0.1, 0.15) is 5.75 Å². The minimum Gasteiger partial charge on any atom is -0.497 e. The van der Waals surface area contributed by atoms with Gasteiger partial charge in [0, 0.05) is 31.9 Å². The Bertz CT molecular complexity index is 750. The number of carbonyl (C=O) groups is 1. The van der Waals surface area contributed by atoms with Crippen molar-refractivity contribution < 1.29 is 9.53 Å². The van der Waals surface area contributed by atoms with Crippen molar-refractivity contribution in [3.05, 3.63) is 47.8 Å². The molecule has 0 bridgehead atoms. The predicted octanol–water partition coefficient (Wildman–Crippen LogP) is 2.70. The van der Waals surface area contributed by atoms with Crippen LogP contribution >= 0.6 is 0 Å². The van der Waals surface area contributed by atoms with Crippen LogP contribution in [0.5, 0.6) is 5.75 Å². The van der Waals surface area contributed by atoms with Crippen LogP contribution in [0.2, 0.25) is 0 Å². The number of rotatable bonds is 7. The highest BCUT2D eigenvalue weighted by molar-refractivity contribution is 5.74. The molecule has 1 aromatic heterocycles. The van der Waals surface area contributed by atoms with Gasteiger partial charge in [0.2, 0.25) is 0 Å². The summed E-state index contributed by atoms with van der Waals surface area (Å²) in [6.45, 7) is 5.78. The molecule has 0 saturated carbocycles. The Kier molecular flexibility index (Phi) is 6.92. The van der Waals surface area contributed by atoms with Gasteiger partial charge in [0.15, 0.2) is 0 Å². The second-order valence-corrected chi connectivity index (χ2v) is 7.59. The maximum Gasteiger partial charge on any atom is 0.315 e. The van der Waals surface area contributed by atoms with Crippen molar-refractivity contribution in [2.24, 2.45) is 13.0 Å². The average molecular weight is 386 g/mol. The molecular weight excluding hydrogens is 354 g/mol. The van der Waals surface area contributed by atoms with Gasteiger partial charge >= 0.3 is 6.03 Å². The molecule has 1 aliphatic heterocycles. The Labute approximate surface area is 167 Å². The lowest BCUT2D eigenvalue weighted by atomic mass is 9.96. The molecule has 2 aromatic rings. The van der Waals surface area contributed by atoms with Gasteiger partial charge in [-0.25, -0.2) is 4.79 Å². The molecule has 0 spiro atoms. The molecule has 7 nitrogen and oxygen atoms in total. The zero-order valence-corrected chi connectivity index (χ0v) is 17.0. The predicted molar refractivity (Wildman–Crippen MR) is 109 cm³/mol. The van der Waals surface area contributed by atoms with Crippen LogP contribution in [-0.2, 0) is 13.6 Å². The van der Waals surface area contributed by atoms with E-state index in [2.05, 4.69) is 32.8 Å². The normalized spacial score (nSPS) is 16.5. The van der Waals surface area contributed by atoms with Gasteiger partial charge in [-0.3, -0.25) is 9.58 Å². The molecule has 2 heterocycles. The fourth-order valence-electron chi connectivity index (χ4n) is 3.57. The molecule has 0 aliphatic carbocycles. The molecule has 28 heavy (non-hydrogen) atoms. The number of hydrogen-bond donors (Lipinski definition) is 2. The molecular formula is C21H31N5O2. The fraction of sp³-hybridized carbons (Fsp3) is 0.524. The quantitative estimate of drug-likeness (QED) is 0.769. The highest BCUT2D eigenvalue weighted by atomic mass is 16.5. The summed E-state index contributed by atoms with van der Waals surface area (Å²) in [5.74, 6) is 1.43. The van der Waals surface area contributed by atoms with Gasteiger partial charge in [-0.1, -0.05) is 12.1 Å². The summed E-state index contributed by atoms with van der Waals surface area (Å²) in [4.78, 5) is 14.6. The van der Waals surface area contributed by atoms with Crippen LogP contribution < -0.4 is 15.4 Å². The first-order valence-electron chi connectivity index (χ1n) is 9.91. The summed E-state index contributed by atoms with van der Waals surface area (Å²) in [6, 6.07) is 8.10. The highest BCUT2D eigenvalue weighted by Crippen LogP contribution is 2.20. The topological polar surface area (TPSA) is 71.4 Å². The number of benzene rings is 1. The van der Waals surface area contributed by atoms with E-state index in [1.54, 1.807) is 18.0 Å². The second kappa shape index (κ2) is 9.59. The fourth-order valence-corrected chi connectivity index (χ4v) is 3.57. The van der Waals surface area contributed by atoms with E-state index in [0.29, 0.717) is 5.92 Å². The smallest absolute Gasteiger partial charge is 0.315 e. The van der Waals surface area contributed by atoms with Crippen molar-refractivity contribution in [2.75, 3.05) is 26.7 Å². The number of hydrogen-bond acceptors (Lipinski definition) is 4. The molecule has 1 fully saturated rings. The number of amides is 2. The molecule has 2 amide bonds. The van der Waals surface area contributed by atoms with Crippen LogP contribution in [0.3, 0.4) is 0 Å². The maximum absolute atomic E-state index is 12.2. The molecule has 152 valence electrons. The van der Waals surface area contributed by atoms with Crippen molar-refractivity contribution in [1.29, 1.82) is 0 Å². The van der Waals surface area contributed by atoms with Gasteiger partial charge in [-0.2, -0.15) is 5.10 Å². The van der Waals surface area contributed by atoms with E-state index in [1.807, 2.05) is 32.3 Å². The number of piperidine rings is 1. The van der Waals surface area contributed by atoms with E-state index in [9.17, 15) is 4.79 Å². The van der Waals surface area contributed by atoms with Crippen LogP contribution in [0.1, 0.15) is 36.9 Å². The monoisotopic (exact) mass is 385 g/mol. The summed E-state index contributed by atoms with van der Waals surface area (Å²) in [7, 11) is 3.56. The van der Waals surface area contributed by atoms with E-state index >= 15 is 0 Å². The molecule has 2 N–H and O–H groups in total. The lowest BCUT2D eigenvalue weighted by Gasteiger charge is -2.32. The highest BCUT2D eigenvalue weighted by Gasteiger charge is 2.20. The number of aromatic nitrogens is 2. The van der Waals surface area contributed by atoms with Crippen LogP contribution in [-0.4, -0.2) is 47.5 Å². The number of urea groups is 1. The summed E-state index contributed by atoms with van der Waals surface area (Å²) in [6.07, 6.45) is 5.91. The summed E-state index contributed by atoms with van der Waals surface area (Å²) in [5.41, 5.74) is 2.31. The first-order chi connectivity index (χ1) is 13.5. The number of aryl methyl sites for hydroxylation is 1. The molecule has 1 atom stereocenters. The lowest BCUT2D eigenvalue weighted by Crippen LogP contribution is -2.42. The van der Waals surface area contributed by atoms with Crippen LogP contribution in [0, 0.1) is 5.92 Å². The Morgan fingerprint density at radius 1 is 1.29 bits per heavy atom. The van der Waals surface area contributed by atoms with Gasteiger partial charge in [0.25, 0.3) is 0 Å². The number of ether oxygens (including phenoxy) is 1. The SMILES string of the molecule is COc1ccc(CN2CCC(CNC(=O)NC(C)c3cnn(C)c3)CC2)cc1. The largest absolute Gasteiger partial charge is 0.497 e. The Morgan fingerprint density at radius 2 is 2.00 bits per heavy atom. The maximum atomic E-state index is 12.2. The zero-order valence-electron chi connectivity index (χ0n) is 17.0. The summed E-state index contributed by atoms with van der Waals surface area (Å²) >= 11 is 0. The number of likely N-dealkylation sites (tertiary alicyclic amines) is 1. The van der Waals surface area contributed by atoms with E-state index in [-0.39, 0.29) is 12.1 Å². The Morgan fingerprint density at radius 3 is 2.61 bits per heavy atom. The minimum atomic E-state index is -0.114. The van der Waals surface area contributed by atoms with Crippen molar-refractivity contribution >= 4 is 6.03 Å². The first kappa shape index (κ1) is 20.2. The molecule has 0 radical (unpaired) electrons. The molecule has 1 aromatic carbocycles. The van der Waals surface area contributed by atoms with Crippen LogP contribution in [0.15, 0.2) is 36.7 Å².